The molecule has 0 aliphatic carbocycles. The average molecular weight is 251 g/mol. The molecule has 0 fully saturated rings. The fourth-order valence-corrected chi connectivity index (χ4v) is 2.05. The summed E-state index contributed by atoms with van der Waals surface area (Å²) in [6.45, 7) is 4.27. The lowest BCUT2D eigenvalue weighted by Crippen LogP contribution is -2.43. The van der Waals surface area contributed by atoms with Crippen LogP contribution >= 0.6 is 0 Å². The Bertz CT molecular complexity index is 532. The van der Waals surface area contributed by atoms with Crippen molar-refractivity contribution in [3.05, 3.63) is 65.2 Å². The van der Waals surface area contributed by atoms with E-state index < -0.39 is 5.44 Å². The van der Waals surface area contributed by atoms with Gasteiger partial charge in [-0.25, -0.2) is 0 Å². The number of para-hydroxylation sites is 1. The van der Waals surface area contributed by atoms with Gasteiger partial charge in [-0.15, -0.1) is 0 Å². The van der Waals surface area contributed by atoms with Gasteiger partial charge in [0, 0.05) is 5.44 Å². The number of benzene rings is 2. The van der Waals surface area contributed by atoms with E-state index in [2.05, 4.69) is 0 Å². The van der Waals surface area contributed by atoms with Crippen LogP contribution in [0.15, 0.2) is 48.5 Å². The Kier molecular flexibility index (Phi) is 3.96. The lowest BCUT2D eigenvalue weighted by Gasteiger charge is -2.27. The standard InChI is InChI=1S/C16H18BNO/c1-12-7-6-8-13(2)15(12)19-11-16(17,18)14-9-4-3-5-10-14/h3-10H,11,18H2,1-2H3. The summed E-state index contributed by atoms with van der Waals surface area (Å²) in [5.41, 5.74) is 8.18. The molecule has 19 heavy (non-hydrogen) atoms. The van der Waals surface area contributed by atoms with Crippen molar-refractivity contribution in [2.75, 3.05) is 6.61 Å². The van der Waals surface area contributed by atoms with Gasteiger partial charge < -0.3 is 10.5 Å². The lowest BCUT2D eigenvalue weighted by molar-refractivity contribution is 0.267. The third-order valence-electron chi connectivity index (χ3n) is 3.18. The molecule has 2 aromatic carbocycles. The van der Waals surface area contributed by atoms with Gasteiger partial charge in [0.1, 0.15) is 20.2 Å². The quantitative estimate of drug-likeness (QED) is 0.848. The molecule has 0 heterocycles. The molecule has 0 aliphatic rings. The van der Waals surface area contributed by atoms with Crippen LogP contribution in [-0.4, -0.2) is 14.5 Å². The minimum Gasteiger partial charge on any atom is -0.492 e. The molecule has 2 N–H and O–H groups in total. The van der Waals surface area contributed by atoms with Gasteiger partial charge in [-0.05, 0) is 30.5 Å². The topological polar surface area (TPSA) is 35.2 Å². The summed E-state index contributed by atoms with van der Waals surface area (Å²) in [4.78, 5) is 0. The largest absolute Gasteiger partial charge is 0.492 e. The van der Waals surface area contributed by atoms with Crippen molar-refractivity contribution < 1.29 is 4.74 Å². The summed E-state index contributed by atoms with van der Waals surface area (Å²) in [7, 11) is 6.14. The van der Waals surface area contributed by atoms with Crippen molar-refractivity contribution in [1.82, 2.24) is 0 Å². The molecule has 96 valence electrons. The van der Waals surface area contributed by atoms with Crippen molar-refractivity contribution in [2.45, 2.75) is 19.3 Å². The molecule has 1 atom stereocenters. The van der Waals surface area contributed by atoms with Crippen LogP contribution in [0.25, 0.3) is 0 Å². The Hall–Kier alpha value is -1.74. The number of aryl methyl sites for hydroxylation is 2. The van der Waals surface area contributed by atoms with Crippen molar-refractivity contribution in [2.24, 2.45) is 5.73 Å². The molecular weight excluding hydrogens is 233 g/mol. The van der Waals surface area contributed by atoms with Gasteiger partial charge in [0.2, 0.25) is 0 Å². The summed E-state index contributed by atoms with van der Waals surface area (Å²) < 4.78 is 5.84. The highest BCUT2D eigenvalue weighted by atomic mass is 16.5. The maximum absolute atomic E-state index is 6.14. The van der Waals surface area contributed by atoms with Gasteiger partial charge in [0.15, 0.2) is 0 Å². The molecule has 0 spiro atoms. The zero-order chi connectivity index (χ0) is 13.9. The number of ether oxygens (including phenoxy) is 1. The van der Waals surface area contributed by atoms with E-state index in [4.69, 9.17) is 18.3 Å². The highest BCUT2D eigenvalue weighted by Crippen LogP contribution is 2.24. The monoisotopic (exact) mass is 251 g/mol. The number of hydrogen-bond acceptors (Lipinski definition) is 2. The maximum Gasteiger partial charge on any atom is 0.125 e. The van der Waals surface area contributed by atoms with E-state index in [0.717, 1.165) is 22.4 Å². The predicted molar refractivity (Wildman–Crippen MR) is 79.5 cm³/mol. The summed E-state index contributed by atoms with van der Waals surface area (Å²) in [5, 5.41) is 0. The average Bonchev–Trinajstić information content (AvgIpc) is 2.39. The van der Waals surface area contributed by atoms with Crippen LogP contribution in [0.1, 0.15) is 16.7 Å². The van der Waals surface area contributed by atoms with Crippen molar-refractivity contribution in [3.63, 3.8) is 0 Å². The summed E-state index contributed by atoms with van der Waals surface area (Å²) in [6, 6.07) is 15.6. The molecule has 0 aromatic heterocycles. The van der Waals surface area contributed by atoms with Crippen molar-refractivity contribution in [1.29, 1.82) is 0 Å². The molecule has 0 amide bonds. The molecule has 3 heteroatoms. The zero-order valence-electron chi connectivity index (χ0n) is 11.4. The molecule has 2 radical (unpaired) electrons. The van der Waals surface area contributed by atoms with Crippen molar-refractivity contribution in [3.8, 4) is 5.75 Å². The number of hydrogen-bond donors (Lipinski definition) is 1. The molecule has 0 saturated carbocycles. The van der Waals surface area contributed by atoms with Gasteiger partial charge in [0.05, 0.1) is 0 Å². The zero-order valence-corrected chi connectivity index (χ0v) is 11.4. The van der Waals surface area contributed by atoms with Gasteiger partial charge in [0.25, 0.3) is 0 Å². The molecule has 0 saturated heterocycles. The third kappa shape index (κ3) is 3.18. The fraction of sp³-hybridized carbons (Fsp3) is 0.250. The molecule has 1 unspecified atom stereocenters. The predicted octanol–water partition coefficient (Wildman–Crippen LogP) is 2.66. The smallest absolute Gasteiger partial charge is 0.125 e. The van der Waals surface area contributed by atoms with E-state index in [1.54, 1.807) is 0 Å². The van der Waals surface area contributed by atoms with Crippen LogP contribution < -0.4 is 10.5 Å². The first kappa shape index (κ1) is 13.7. The Balaban J connectivity index is 2.14. The highest BCUT2D eigenvalue weighted by molar-refractivity contribution is 6.15. The molecular formula is C16H18BNO. The summed E-state index contributed by atoms with van der Waals surface area (Å²) in [6.07, 6.45) is 0. The van der Waals surface area contributed by atoms with Crippen LogP contribution in [0.2, 0.25) is 0 Å². The SMILES string of the molecule is [B]C(N)(COc1c(C)cccc1C)c1ccccc1. The van der Waals surface area contributed by atoms with E-state index in [0.29, 0.717) is 0 Å². The van der Waals surface area contributed by atoms with Crippen LogP contribution in [0.3, 0.4) is 0 Å². The fourth-order valence-electron chi connectivity index (χ4n) is 2.05. The van der Waals surface area contributed by atoms with Gasteiger partial charge in [-0.1, -0.05) is 48.5 Å². The Morgan fingerprint density at radius 3 is 2.16 bits per heavy atom. The normalized spacial score (nSPS) is 13.8. The second kappa shape index (κ2) is 5.49. The highest BCUT2D eigenvalue weighted by Gasteiger charge is 2.21. The van der Waals surface area contributed by atoms with Gasteiger partial charge in [-0.3, -0.25) is 0 Å². The maximum atomic E-state index is 6.14. The first-order valence-electron chi connectivity index (χ1n) is 6.33. The second-order valence-electron chi connectivity index (χ2n) is 4.92. The second-order valence-corrected chi connectivity index (χ2v) is 4.92. The van der Waals surface area contributed by atoms with Gasteiger partial charge in [-0.2, -0.15) is 0 Å². The molecule has 2 rings (SSSR count). The molecule has 2 nitrogen and oxygen atoms in total. The lowest BCUT2D eigenvalue weighted by atomic mass is 9.74. The van der Waals surface area contributed by atoms with Crippen LogP contribution in [-0.2, 0) is 5.44 Å². The Labute approximate surface area is 116 Å². The Morgan fingerprint density at radius 2 is 1.58 bits per heavy atom. The van der Waals surface area contributed by atoms with Crippen molar-refractivity contribution >= 4 is 7.85 Å². The van der Waals surface area contributed by atoms with E-state index in [-0.39, 0.29) is 6.61 Å². The van der Waals surface area contributed by atoms with Crippen LogP contribution in [0, 0.1) is 13.8 Å². The first-order valence-corrected chi connectivity index (χ1v) is 6.33. The van der Waals surface area contributed by atoms with E-state index >= 15 is 0 Å². The van der Waals surface area contributed by atoms with E-state index in [1.807, 2.05) is 62.4 Å². The molecule has 0 bridgehead atoms. The van der Waals surface area contributed by atoms with E-state index in [1.165, 1.54) is 0 Å². The van der Waals surface area contributed by atoms with Gasteiger partial charge >= 0.3 is 0 Å². The number of nitrogens with two attached hydrogens (primary N) is 1. The molecule has 0 aliphatic heterocycles. The molecule has 2 aromatic rings. The van der Waals surface area contributed by atoms with Crippen LogP contribution in [0.5, 0.6) is 5.75 Å². The third-order valence-corrected chi connectivity index (χ3v) is 3.18. The first-order chi connectivity index (χ1) is 9.00. The summed E-state index contributed by atoms with van der Waals surface area (Å²) >= 11 is 0. The minimum atomic E-state index is -0.990. The number of rotatable bonds is 4. The minimum absolute atomic E-state index is 0.239. The van der Waals surface area contributed by atoms with E-state index in [9.17, 15) is 0 Å². The Morgan fingerprint density at radius 1 is 1.00 bits per heavy atom. The summed E-state index contributed by atoms with van der Waals surface area (Å²) in [5.74, 6) is 0.860. The van der Waals surface area contributed by atoms with Crippen LogP contribution in [0.4, 0.5) is 0 Å².